The van der Waals surface area contributed by atoms with E-state index in [1.807, 2.05) is 36.2 Å². The molecule has 6 heteroatoms. The quantitative estimate of drug-likeness (QED) is 0.694. The molecule has 2 rings (SSSR count). The molecule has 0 saturated carbocycles. The van der Waals surface area contributed by atoms with Crippen LogP contribution in [0.5, 0.6) is 0 Å². The molecule has 0 radical (unpaired) electrons. The molecule has 1 fully saturated rings. The molecule has 0 aliphatic carbocycles. The molecule has 1 saturated heterocycles. The summed E-state index contributed by atoms with van der Waals surface area (Å²) in [5.41, 5.74) is 0.694. The second-order valence-corrected chi connectivity index (χ2v) is 7.10. The van der Waals surface area contributed by atoms with E-state index in [4.69, 9.17) is 4.74 Å². The number of halogens is 1. The van der Waals surface area contributed by atoms with E-state index in [2.05, 4.69) is 15.9 Å². The molecule has 1 aromatic rings. The molecular formula is C18H25BrN2O3. The zero-order valence-electron chi connectivity index (χ0n) is 14.3. The Labute approximate surface area is 152 Å². The molecule has 0 unspecified atom stereocenters. The fourth-order valence-electron chi connectivity index (χ4n) is 2.97. The maximum Gasteiger partial charge on any atom is 0.253 e. The first-order chi connectivity index (χ1) is 11.5. The monoisotopic (exact) mass is 396 g/mol. The lowest BCUT2D eigenvalue weighted by Crippen LogP contribution is -2.43. The summed E-state index contributed by atoms with van der Waals surface area (Å²) >= 11 is 3.38. The van der Waals surface area contributed by atoms with Crippen LogP contribution in [0.25, 0.3) is 0 Å². The third-order valence-electron chi connectivity index (χ3n) is 4.44. The normalized spacial score (nSPS) is 15.4. The summed E-state index contributed by atoms with van der Waals surface area (Å²) < 4.78 is 5.98. The smallest absolute Gasteiger partial charge is 0.253 e. The number of carbonyl (C=O) groups excluding carboxylic acids is 2. The second-order valence-electron chi connectivity index (χ2n) is 6.18. The van der Waals surface area contributed by atoms with Crippen LogP contribution in [0.15, 0.2) is 28.7 Å². The van der Waals surface area contributed by atoms with Crippen molar-refractivity contribution in [1.82, 2.24) is 9.80 Å². The van der Waals surface area contributed by atoms with Crippen LogP contribution in [0.3, 0.4) is 0 Å². The Hall–Kier alpha value is -1.40. The second kappa shape index (κ2) is 9.18. The lowest BCUT2D eigenvalue weighted by atomic mass is 9.95. The van der Waals surface area contributed by atoms with E-state index >= 15 is 0 Å². The van der Waals surface area contributed by atoms with Gasteiger partial charge >= 0.3 is 0 Å². The van der Waals surface area contributed by atoms with E-state index in [0.29, 0.717) is 31.8 Å². The molecule has 1 heterocycles. The number of rotatable bonds is 6. The summed E-state index contributed by atoms with van der Waals surface area (Å²) in [6.07, 6.45) is 2.31. The number of ether oxygens (including phenoxy) is 1. The highest BCUT2D eigenvalue weighted by atomic mass is 79.9. The summed E-state index contributed by atoms with van der Waals surface area (Å²) in [6, 6.07) is 7.40. The van der Waals surface area contributed by atoms with E-state index < -0.39 is 0 Å². The number of piperidine rings is 1. The van der Waals surface area contributed by atoms with Gasteiger partial charge in [-0.15, -0.1) is 0 Å². The minimum Gasteiger partial charge on any atom is -0.385 e. The van der Waals surface area contributed by atoms with E-state index in [9.17, 15) is 9.59 Å². The van der Waals surface area contributed by atoms with Crippen LogP contribution in [0.4, 0.5) is 0 Å². The van der Waals surface area contributed by atoms with E-state index in [-0.39, 0.29) is 17.7 Å². The van der Waals surface area contributed by atoms with Gasteiger partial charge in [-0.05, 0) is 43.5 Å². The Morgan fingerprint density at radius 2 is 1.88 bits per heavy atom. The molecule has 2 amide bonds. The highest BCUT2D eigenvalue weighted by molar-refractivity contribution is 9.10. The zero-order valence-corrected chi connectivity index (χ0v) is 15.9. The van der Waals surface area contributed by atoms with Crippen LogP contribution in [0.2, 0.25) is 0 Å². The number of carbonyl (C=O) groups is 2. The van der Waals surface area contributed by atoms with Crippen molar-refractivity contribution in [3.8, 4) is 0 Å². The van der Waals surface area contributed by atoms with Gasteiger partial charge in [0.15, 0.2) is 0 Å². The molecule has 1 aromatic carbocycles. The number of nitrogens with zero attached hydrogens (tertiary/aromatic N) is 2. The van der Waals surface area contributed by atoms with Crippen LogP contribution in [0, 0.1) is 5.92 Å². The van der Waals surface area contributed by atoms with Gasteiger partial charge in [-0.25, -0.2) is 0 Å². The molecule has 132 valence electrons. The zero-order chi connectivity index (χ0) is 17.5. The van der Waals surface area contributed by atoms with Crippen molar-refractivity contribution in [2.75, 3.05) is 40.4 Å². The topological polar surface area (TPSA) is 49.9 Å². The number of methoxy groups -OCH3 is 1. The molecule has 0 atom stereocenters. The van der Waals surface area contributed by atoms with Crippen LogP contribution in [0.1, 0.15) is 29.6 Å². The van der Waals surface area contributed by atoms with Gasteiger partial charge in [-0.1, -0.05) is 15.9 Å². The van der Waals surface area contributed by atoms with Gasteiger partial charge in [0.25, 0.3) is 5.91 Å². The Morgan fingerprint density at radius 3 is 2.46 bits per heavy atom. The van der Waals surface area contributed by atoms with Crippen molar-refractivity contribution in [1.29, 1.82) is 0 Å². The third-order valence-corrected chi connectivity index (χ3v) is 4.97. The number of benzene rings is 1. The molecule has 0 N–H and O–H groups in total. The van der Waals surface area contributed by atoms with Crippen LogP contribution < -0.4 is 0 Å². The Bertz CT molecular complexity index is 554. The minimum absolute atomic E-state index is 0.0199. The highest BCUT2D eigenvalue weighted by Gasteiger charge is 2.29. The van der Waals surface area contributed by atoms with Gasteiger partial charge < -0.3 is 14.5 Å². The summed E-state index contributed by atoms with van der Waals surface area (Å²) in [5, 5.41) is 0. The molecule has 1 aliphatic rings. The summed E-state index contributed by atoms with van der Waals surface area (Å²) in [5.74, 6) is 0.246. The average Bonchev–Trinajstić information content (AvgIpc) is 2.61. The first kappa shape index (κ1) is 18.9. The number of amides is 2. The molecular weight excluding hydrogens is 372 g/mol. The predicted molar refractivity (Wildman–Crippen MR) is 96.9 cm³/mol. The number of hydrogen-bond acceptors (Lipinski definition) is 3. The standard InChI is InChI=1S/C18H25BrN2O3/c1-20(10-3-13-24-2)17(22)15-8-11-21(12-9-15)18(23)14-4-6-16(19)7-5-14/h4-7,15H,3,8-13H2,1-2H3. The van der Waals surface area contributed by atoms with E-state index in [0.717, 1.165) is 23.7 Å². The first-order valence-corrected chi connectivity index (χ1v) is 9.11. The van der Waals surface area contributed by atoms with Gasteiger partial charge in [0.2, 0.25) is 5.91 Å². The van der Waals surface area contributed by atoms with Gasteiger partial charge in [0.1, 0.15) is 0 Å². The van der Waals surface area contributed by atoms with E-state index in [1.54, 1.807) is 12.0 Å². The molecule has 0 bridgehead atoms. The molecule has 0 aromatic heterocycles. The lowest BCUT2D eigenvalue weighted by Gasteiger charge is -2.33. The number of likely N-dealkylation sites (tertiary alicyclic amines) is 1. The SMILES string of the molecule is COCCCN(C)C(=O)C1CCN(C(=O)c2ccc(Br)cc2)CC1. The third kappa shape index (κ3) is 5.05. The van der Waals surface area contributed by atoms with Crippen molar-refractivity contribution in [2.45, 2.75) is 19.3 Å². The highest BCUT2D eigenvalue weighted by Crippen LogP contribution is 2.21. The minimum atomic E-state index is 0.0199. The molecule has 24 heavy (non-hydrogen) atoms. The van der Waals surface area contributed by atoms with Crippen molar-refractivity contribution >= 4 is 27.7 Å². The summed E-state index contributed by atoms with van der Waals surface area (Å²) in [4.78, 5) is 28.6. The van der Waals surface area contributed by atoms with Crippen molar-refractivity contribution in [3.05, 3.63) is 34.3 Å². The van der Waals surface area contributed by atoms with E-state index in [1.165, 1.54) is 0 Å². The maximum atomic E-state index is 12.5. The summed E-state index contributed by atoms with van der Waals surface area (Å²) in [7, 11) is 3.51. The van der Waals surface area contributed by atoms with Crippen LogP contribution >= 0.6 is 15.9 Å². The Balaban J connectivity index is 1.83. The Kier molecular flexibility index (Phi) is 7.24. The first-order valence-electron chi connectivity index (χ1n) is 8.31. The summed E-state index contributed by atoms with van der Waals surface area (Å²) in [6.45, 7) is 2.65. The fourth-order valence-corrected chi connectivity index (χ4v) is 3.24. The van der Waals surface area contributed by atoms with Crippen molar-refractivity contribution < 1.29 is 14.3 Å². The van der Waals surface area contributed by atoms with Crippen LogP contribution in [-0.4, -0.2) is 62.0 Å². The van der Waals surface area contributed by atoms with Crippen LogP contribution in [-0.2, 0) is 9.53 Å². The van der Waals surface area contributed by atoms with Gasteiger partial charge in [0, 0.05) is 56.4 Å². The van der Waals surface area contributed by atoms with Gasteiger partial charge in [0.05, 0.1) is 0 Å². The molecule has 5 nitrogen and oxygen atoms in total. The maximum absolute atomic E-state index is 12.5. The molecule has 1 aliphatic heterocycles. The lowest BCUT2D eigenvalue weighted by molar-refractivity contribution is -0.135. The molecule has 0 spiro atoms. The largest absolute Gasteiger partial charge is 0.385 e. The predicted octanol–water partition coefficient (Wildman–Crippen LogP) is 2.80. The Morgan fingerprint density at radius 1 is 1.25 bits per heavy atom. The van der Waals surface area contributed by atoms with Crippen molar-refractivity contribution in [2.24, 2.45) is 5.92 Å². The van der Waals surface area contributed by atoms with Crippen molar-refractivity contribution in [3.63, 3.8) is 0 Å². The fraction of sp³-hybridized carbons (Fsp3) is 0.556. The van der Waals surface area contributed by atoms with Gasteiger partial charge in [-0.2, -0.15) is 0 Å². The van der Waals surface area contributed by atoms with Gasteiger partial charge in [-0.3, -0.25) is 9.59 Å². The number of hydrogen-bond donors (Lipinski definition) is 0. The average molecular weight is 397 g/mol.